The van der Waals surface area contributed by atoms with Gasteiger partial charge in [0.1, 0.15) is 5.65 Å². The monoisotopic (exact) mass is 371 g/mol. The fourth-order valence-electron chi connectivity index (χ4n) is 3.57. The average Bonchev–Trinajstić information content (AvgIpc) is 3.19. The number of nitrogens with one attached hydrogen (secondary N) is 2. The van der Waals surface area contributed by atoms with Crippen LogP contribution in [0.15, 0.2) is 47.5 Å². The van der Waals surface area contributed by atoms with E-state index in [1.807, 2.05) is 19.1 Å². The molecule has 0 bridgehead atoms. The maximum absolute atomic E-state index is 12.6. The van der Waals surface area contributed by atoms with E-state index in [1.54, 1.807) is 30.5 Å². The number of pyridine rings is 1. The Bertz CT molecular complexity index is 1040. The molecule has 1 aromatic carbocycles. The number of hydrogen-bond donors (Lipinski definition) is 3. The summed E-state index contributed by atoms with van der Waals surface area (Å²) in [5.41, 5.74) is 3.77. The summed E-state index contributed by atoms with van der Waals surface area (Å²) in [6.07, 6.45) is 3.27. The van der Waals surface area contributed by atoms with Gasteiger partial charge in [-0.15, -0.1) is 0 Å². The van der Waals surface area contributed by atoms with Crippen molar-refractivity contribution in [3.05, 3.63) is 48.3 Å². The molecule has 2 heterocycles. The van der Waals surface area contributed by atoms with Crippen LogP contribution in [-0.4, -0.2) is 35.6 Å². The summed E-state index contributed by atoms with van der Waals surface area (Å²) < 4.78 is 27.7. The average molecular weight is 371 g/mol. The quantitative estimate of drug-likeness (QED) is 0.657. The summed E-state index contributed by atoms with van der Waals surface area (Å²) in [4.78, 5) is 7.74. The summed E-state index contributed by atoms with van der Waals surface area (Å²) in [5.74, 6) is 0. The van der Waals surface area contributed by atoms with E-state index in [9.17, 15) is 13.5 Å². The van der Waals surface area contributed by atoms with E-state index in [0.717, 1.165) is 34.3 Å². The van der Waals surface area contributed by atoms with Gasteiger partial charge in [-0.3, -0.25) is 0 Å². The zero-order chi connectivity index (χ0) is 18.3. The van der Waals surface area contributed by atoms with Crippen LogP contribution in [0.3, 0.4) is 0 Å². The molecule has 1 aliphatic rings. The van der Waals surface area contributed by atoms with Crippen LogP contribution in [0.2, 0.25) is 0 Å². The number of aryl methyl sites for hydroxylation is 1. The molecule has 0 spiro atoms. The van der Waals surface area contributed by atoms with E-state index in [2.05, 4.69) is 14.7 Å². The Labute approximate surface area is 152 Å². The third-order valence-electron chi connectivity index (χ3n) is 4.93. The number of aliphatic hydroxyl groups is 1. The first-order valence-electron chi connectivity index (χ1n) is 8.69. The third-order valence-corrected chi connectivity index (χ3v) is 6.43. The number of hydrogen-bond acceptors (Lipinski definition) is 4. The highest BCUT2D eigenvalue weighted by Gasteiger charge is 2.29. The van der Waals surface area contributed by atoms with Gasteiger partial charge in [0, 0.05) is 23.3 Å². The van der Waals surface area contributed by atoms with Crippen LogP contribution >= 0.6 is 0 Å². The molecule has 1 fully saturated rings. The molecule has 2 atom stereocenters. The number of aromatic nitrogens is 2. The lowest BCUT2D eigenvalue weighted by Gasteiger charge is -2.16. The summed E-state index contributed by atoms with van der Waals surface area (Å²) in [6, 6.07) is 10.4. The van der Waals surface area contributed by atoms with E-state index in [-0.39, 0.29) is 4.90 Å². The molecule has 2 aromatic heterocycles. The Kier molecular flexibility index (Phi) is 4.30. The van der Waals surface area contributed by atoms with Crippen molar-refractivity contribution in [3.63, 3.8) is 0 Å². The van der Waals surface area contributed by atoms with E-state index >= 15 is 0 Å². The lowest BCUT2D eigenvalue weighted by Crippen LogP contribution is -2.39. The maximum atomic E-state index is 12.6. The number of aromatic amines is 1. The molecule has 4 rings (SSSR count). The van der Waals surface area contributed by atoms with Gasteiger partial charge in [-0.05, 0) is 61.6 Å². The molecule has 0 aliphatic heterocycles. The SMILES string of the molecule is Cc1cc2c(-c3ccc(S(=O)(=O)N[C@H]4CCC[C@@H]4O)cc3)ccnc2[nH]1. The Morgan fingerprint density at radius 3 is 2.65 bits per heavy atom. The standard InChI is InChI=1S/C19H21N3O3S/c1-12-11-16-15(9-10-20-19(16)21-12)13-5-7-14(8-6-13)26(24,25)22-17-3-2-4-18(17)23/h5-11,17-18,22-23H,2-4H2,1H3,(H,20,21)/t17-,18-/m0/s1. The number of H-pyrrole nitrogens is 1. The van der Waals surface area contributed by atoms with E-state index in [1.165, 1.54) is 0 Å². The first kappa shape index (κ1) is 17.2. The lowest BCUT2D eigenvalue weighted by atomic mass is 10.0. The molecule has 0 radical (unpaired) electrons. The second kappa shape index (κ2) is 6.50. The number of aliphatic hydroxyl groups excluding tert-OH is 1. The van der Waals surface area contributed by atoms with Crippen molar-refractivity contribution in [1.82, 2.24) is 14.7 Å². The van der Waals surface area contributed by atoms with Gasteiger partial charge in [-0.1, -0.05) is 12.1 Å². The molecule has 7 heteroatoms. The first-order chi connectivity index (χ1) is 12.4. The van der Waals surface area contributed by atoms with Gasteiger partial charge >= 0.3 is 0 Å². The van der Waals surface area contributed by atoms with Crippen molar-refractivity contribution in [2.75, 3.05) is 0 Å². The summed E-state index contributed by atoms with van der Waals surface area (Å²) in [6.45, 7) is 1.98. The van der Waals surface area contributed by atoms with Crippen LogP contribution < -0.4 is 4.72 Å². The minimum absolute atomic E-state index is 0.205. The highest BCUT2D eigenvalue weighted by molar-refractivity contribution is 7.89. The van der Waals surface area contributed by atoms with Gasteiger partial charge in [0.15, 0.2) is 0 Å². The Hall–Kier alpha value is -2.22. The Balaban J connectivity index is 1.64. The topological polar surface area (TPSA) is 95.1 Å². The molecule has 26 heavy (non-hydrogen) atoms. The predicted octanol–water partition coefficient (Wildman–Crippen LogP) is 2.73. The Morgan fingerprint density at radius 2 is 1.96 bits per heavy atom. The molecular formula is C19H21N3O3S. The summed E-state index contributed by atoms with van der Waals surface area (Å²) >= 11 is 0. The van der Waals surface area contributed by atoms with Gasteiger partial charge in [0.05, 0.1) is 11.0 Å². The normalized spacial score (nSPS) is 20.7. The minimum Gasteiger partial charge on any atom is -0.391 e. The molecular weight excluding hydrogens is 350 g/mol. The number of rotatable bonds is 4. The van der Waals surface area contributed by atoms with Crippen LogP contribution in [0, 0.1) is 6.92 Å². The second-order valence-electron chi connectivity index (χ2n) is 6.82. The number of nitrogens with zero attached hydrogens (tertiary/aromatic N) is 1. The second-order valence-corrected chi connectivity index (χ2v) is 8.54. The fraction of sp³-hybridized carbons (Fsp3) is 0.316. The molecule has 1 aliphatic carbocycles. The molecule has 1 saturated carbocycles. The van der Waals surface area contributed by atoms with E-state index in [4.69, 9.17) is 0 Å². The van der Waals surface area contributed by atoms with Crippen LogP contribution in [-0.2, 0) is 10.0 Å². The molecule has 136 valence electrons. The highest BCUT2D eigenvalue weighted by atomic mass is 32.2. The zero-order valence-corrected chi connectivity index (χ0v) is 15.3. The van der Waals surface area contributed by atoms with Gasteiger partial charge < -0.3 is 10.1 Å². The summed E-state index contributed by atoms with van der Waals surface area (Å²) in [5, 5.41) is 10.9. The van der Waals surface area contributed by atoms with Crippen LogP contribution in [0.4, 0.5) is 0 Å². The smallest absolute Gasteiger partial charge is 0.240 e. The van der Waals surface area contributed by atoms with Crippen LogP contribution in [0.5, 0.6) is 0 Å². The predicted molar refractivity (Wildman–Crippen MR) is 100 cm³/mol. The van der Waals surface area contributed by atoms with Crippen molar-refractivity contribution < 1.29 is 13.5 Å². The Morgan fingerprint density at radius 1 is 1.19 bits per heavy atom. The molecule has 0 saturated heterocycles. The maximum Gasteiger partial charge on any atom is 0.240 e. The lowest BCUT2D eigenvalue weighted by molar-refractivity contribution is 0.159. The molecule has 0 amide bonds. The van der Waals surface area contributed by atoms with Crippen molar-refractivity contribution >= 4 is 21.1 Å². The number of fused-ring (bicyclic) bond motifs is 1. The minimum atomic E-state index is -3.64. The molecule has 3 N–H and O–H groups in total. The molecule has 6 nitrogen and oxygen atoms in total. The van der Waals surface area contributed by atoms with Crippen LogP contribution in [0.25, 0.3) is 22.2 Å². The van der Waals surface area contributed by atoms with Crippen molar-refractivity contribution in [2.45, 2.75) is 43.2 Å². The van der Waals surface area contributed by atoms with Gasteiger partial charge in [0.25, 0.3) is 0 Å². The summed E-state index contributed by atoms with van der Waals surface area (Å²) in [7, 11) is -3.64. The number of benzene rings is 1. The fourth-order valence-corrected chi connectivity index (χ4v) is 4.87. The van der Waals surface area contributed by atoms with Gasteiger partial charge in [-0.2, -0.15) is 0 Å². The van der Waals surface area contributed by atoms with E-state index in [0.29, 0.717) is 12.8 Å². The third kappa shape index (κ3) is 3.13. The van der Waals surface area contributed by atoms with Crippen molar-refractivity contribution in [2.24, 2.45) is 0 Å². The van der Waals surface area contributed by atoms with Crippen molar-refractivity contribution in [3.8, 4) is 11.1 Å². The van der Waals surface area contributed by atoms with E-state index < -0.39 is 22.2 Å². The van der Waals surface area contributed by atoms with Crippen molar-refractivity contribution in [1.29, 1.82) is 0 Å². The largest absolute Gasteiger partial charge is 0.391 e. The molecule has 0 unspecified atom stereocenters. The highest BCUT2D eigenvalue weighted by Crippen LogP contribution is 2.29. The molecule has 3 aromatic rings. The van der Waals surface area contributed by atoms with Crippen LogP contribution in [0.1, 0.15) is 25.0 Å². The zero-order valence-electron chi connectivity index (χ0n) is 14.4. The van der Waals surface area contributed by atoms with Gasteiger partial charge in [-0.25, -0.2) is 18.1 Å². The number of sulfonamides is 1. The first-order valence-corrected chi connectivity index (χ1v) is 10.2. The van der Waals surface area contributed by atoms with Gasteiger partial charge in [0.2, 0.25) is 10.0 Å².